The molecule has 9 nitrogen and oxygen atoms in total. The number of carbonyl (C=O) groups is 1. The van der Waals surface area contributed by atoms with Crippen LogP contribution in [0.25, 0.3) is 17.1 Å². The van der Waals surface area contributed by atoms with E-state index < -0.39 is 0 Å². The van der Waals surface area contributed by atoms with Gasteiger partial charge >= 0.3 is 0 Å². The fraction of sp³-hybridized carbons (Fsp3) is 0.111. The molecule has 0 radical (unpaired) electrons. The fourth-order valence-electron chi connectivity index (χ4n) is 2.46. The Morgan fingerprint density at radius 1 is 1.18 bits per heavy atom. The van der Waals surface area contributed by atoms with Crippen LogP contribution in [0.4, 0.5) is 5.13 Å². The minimum Gasteiger partial charge on any atom is -0.492 e. The molecule has 0 aliphatic rings. The van der Waals surface area contributed by atoms with Gasteiger partial charge in [0.05, 0.1) is 30.4 Å². The summed E-state index contributed by atoms with van der Waals surface area (Å²) in [6.07, 6.45) is 6.29. The third-order valence-electron chi connectivity index (χ3n) is 3.72. The third-order valence-corrected chi connectivity index (χ3v) is 4.48. The van der Waals surface area contributed by atoms with Gasteiger partial charge in [0.2, 0.25) is 0 Å². The Balaban J connectivity index is 1.50. The summed E-state index contributed by atoms with van der Waals surface area (Å²) < 4.78 is 6.83. The Morgan fingerprint density at radius 3 is 2.79 bits per heavy atom. The molecule has 0 aromatic carbocycles. The van der Waals surface area contributed by atoms with Crippen molar-refractivity contribution in [1.29, 1.82) is 0 Å². The van der Waals surface area contributed by atoms with E-state index in [0.717, 1.165) is 0 Å². The van der Waals surface area contributed by atoms with Gasteiger partial charge in [0.15, 0.2) is 10.8 Å². The van der Waals surface area contributed by atoms with E-state index in [4.69, 9.17) is 4.74 Å². The standard InChI is InChI=1S/C18H15N7O2S/c1-2-27-13-3-4-14(20-9-13)15-11-28-18(22-15)23-17(26)16-10-21-24-25(16)12-5-7-19-8-6-12/h3-11H,2H2,1H3,(H,22,23,26). The van der Waals surface area contributed by atoms with Crippen molar-refractivity contribution < 1.29 is 9.53 Å². The monoisotopic (exact) mass is 393 g/mol. The molecule has 0 bridgehead atoms. The summed E-state index contributed by atoms with van der Waals surface area (Å²) in [6, 6.07) is 7.14. The van der Waals surface area contributed by atoms with E-state index in [1.807, 2.05) is 24.4 Å². The van der Waals surface area contributed by atoms with Crippen LogP contribution in [-0.2, 0) is 0 Å². The summed E-state index contributed by atoms with van der Waals surface area (Å²) in [5.41, 5.74) is 2.35. The average molecular weight is 393 g/mol. The molecule has 4 aromatic rings. The molecule has 0 atom stereocenters. The predicted octanol–water partition coefficient (Wildman–Crippen LogP) is 2.83. The van der Waals surface area contributed by atoms with Gasteiger partial charge in [0.1, 0.15) is 11.4 Å². The molecule has 0 fully saturated rings. The van der Waals surface area contributed by atoms with Crippen molar-refractivity contribution in [3.8, 4) is 22.8 Å². The summed E-state index contributed by atoms with van der Waals surface area (Å²) in [4.78, 5) is 25.4. The lowest BCUT2D eigenvalue weighted by Gasteiger charge is -2.05. The van der Waals surface area contributed by atoms with Crippen LogP contribution < -0.4 is 10.1 Å². The highest BCUT2D eigenvalue weighted by Gasteiger charge is 2.16. The van der Waals surface area contributed by atoms with Crippen LogP contribution in [0.2, 0.25) is 0 Å². The number of amides is 1. The van der Waals surface area contributed by atoms with E-state index in [1.54, 1.807) is 30.7 Å². The number of nitrogens with one attached hydrogen (secondary N) is 1. The second-order valence-corrected chi connectivity index (χ2v) is 6.40. The van der Waals surface area contributed by atoms with E-state index in [2.05, 4.69) is 30.6 Å². The van der Waals surface area contributed by atoms with Gasteiger partial charge in [-0.15, -0.1) is 16.4 Å². The van der Waals surface area contributed by atoms with Gasteiger partial charge in [-0.1, -0.05) is 5.21 Å². The number of pyridine rings is 2. The zero-order chi connectivity index (χ0) is 19.3. The number of nitrogens with zero attached hydrogens (tertiary/aromatic N) is 6. The minimum atomic E-state index is -0.359. The summed E-state index contributed by atoms with van der Waals surface area (Å²) in [7, 11) is 0. The first-order valence-corrected chi connectivity index (χ1v) is 9.30. The van der Waals surface area contributed by atoms with Crippen LogP contribution in [0.3, 0.4) is 0 Å². The lowest BCUT2D eigenvalue weighted by atomic mass is 10.3. The van der Waals surface area contributed by atoms with Gasteiger partial charge < -0.3 is 4.74 Å². The third kappa shape index (κ3) is 3.71. The Labute approximate surface area is 164 Å². The first kappa shape index (κ1) is 17.7. The molecule has 28 heavy (non-hydrogen) atoms. The summed E-state index contributed by atoms with van der Waals surface area (Å²) in [5, 5.41) is 12.9. The van der Waals surface area contributed by atoms with Gasteiger partial charge in [-0.3, -0.25) is 20.1 Å². The highest BCUT2D eigenvalue weighted by atomic mass is 32.1. The smallest absolute Gasteiger partial charge is 0.277 e. The Bertz CT molecular complexity index is 1080. The van der Waals surface area contributed by atoms with E-state index >= 15 is 0 Å². The number of rotatable bonds is 6. The van der Waals surface area contributed by atoms with Gasteiger partial charge in [-0.25, -0.2) is 9.67 Å². The summed E-state index contributed by atoms with van der Waals surface area (Å²) in [6.45, 7) is 2.50. The van der Waals surface area contributed by atoms with Crippen molar-refractivity contribution in [1.82, 2.24) is 29.9 Å². The predicted molar refractivity (Wildman–Crippen MR) is 104 cm³/mol. The van der Waals surface area contributed by atoms with Crippen LogP contribution in [0.1, 0.15) is 17.4 Å². The highest BCUT2D eigenvalue weighted by Crippen LogP contribution is 2.25. The first-order valence-electron chi connectivity index (χ1n) is 8.42. The average Bonchev–Trinajstić information content (AvgIpc) is 3.39. The minimum absolute atomic E-state index is 0.294. The maximum atomic E-state index is 12.6. The molecule has 0 aliphatic heterocycles. The number of thiazole rings is 1. The van der Waals surface area contributed by atoms with E-state index in [-0.39, 0.29) is 5.91 Å². The Morgan fingerprint density at radius 2 is 2.04 bits per heavy atom. The van der Waals surface area contributed by atoms with Gasteiger partial charge in [0, 0.05) is 17.8 Å². The molecule has 140 valence electrons. The maximum absolute atomic E-state index is 12.6. The van der Waals surface area contributed by atoms with Crippen molar-refractivity contribution in [3.63, 3.8) is 0 Å². The molecular formula is C18H15N7O2S. The molecule has 0 spiro atoms. The van der Waals surface area contributed by atoms with Crippen molar-refractivity contribution in [2.24, 2.45) is 0 Å². The van der Waals surface area contributed by atoms with E-state index in [1.165, 1.54) is 22.2 Å². The number of carbonyl (C=O) groups excluding carboxylic acids is 1. The van der Waals surface area contributed by atoms with Crippen molar-refractivity contribution in [3.05, 3.63) is 60.1 Å². The molecule has 0 aliphatic carbocycles. The summed E-state index contributed by atoms with van der Waals surface area (Å²) >= 11 is 1.31. The van der Waals surface area contributed by atoms with Crippen LogP contribution in [-0.4, -0.2) is 42.5 Å². The van der Waals surface area contributed by atoms with Crippen molar-refractivity contribution in [2.45, 2.75) is 6.92 Å². The Hall–Kier alpha value is -3.66. The van der Waals surface area contributed by atoms with Crippen LogP contribution >= 0.6 is 11.3 Å². The number of aromatic nitrogens is 6. The molecule has 10 heteroatoms. The maximum Gasteiger partial charge on any atom is 0.277 e. The van der Waals surface area contributed by atoms with Gasteiger partial charge in [-0.2, -0.15) is 0 Å². The van der Waals surface area contributed by atoms with Gasteiger partial charge in [0.25, 0.3) is 5.91 Å². The fourth-order valence-corrected chi connectivity index (χ4v) is 3.16. The van der Waals surface area contributed by atoms with Crippen LogP contribution in [0, 0.1) is 0 Å². The van der Waals surface area contributed by atoms with E-state index in [9.17, 15) is 4.79 Å². The topological polar surface area (TPSA) is 108 Å². The Kier molecular flexibility index (Phi) is 5.02. The lowest BCUT2D eigenvalue weighted by molar-refractivity contribution is 0.101. The SMILES string of the molecule is CCOc1ccc(-c2csc(NC(=O)c3cnnn3-c3ccncc3)n2)nc1. The number of anilines is 1. The molecule has 4 aromatic heterocycles. The van der Waals surface area contributed by atoms with Crippen LogP contribution in [0.5, 0.6) is 5.75 Å². The molecule has 1 N–H and O–H groups in total. The summed E-state index contributed by atoms with van der Waals surface area (Å²) in [5.74, 6) is 0.342. The largest absolute Gasteiger partial charge is 0.492 e. The normalized spacial score (nSPS) is 10.6. The first-order chi connectivity index (χ1) is 13.7. The zero-order valence-corrected chi connectivity index (χ0v) is 15.6. The van der Waals surface area contributed by atoms with E-state index in [0.29, 0.717) is 40.3 Å². The molecule has 4 heterocycles. The quantitative estimate of drug-likeness (QED) is 0.537. The molecule has 1 amide bonds. The van der Waals surface area contributed by atoms with Crippen molar-refractivity contribution in [2.75, 3.05) is 11.9 Å². The molecule has 4 rings (SSSR count). The number of ether oxygens (including phenoxy) is 1. The molecule has 0 unspecified atom stereocenters. The second-order valence-electron chi connectivity index (χ2n) is 5.54. The number of hydrogen-bond acceptors (Lipinski definition) is 8. The second kappa shape index (κ2) is 7.92. The lowest BCUT2D eigenvalue weighted by Crippen LogP contribution is -2.16. The van der Waals surface area contributed by atoms with Gasteiger partial charge in [-0.05, 0) is 31.2 Å². The number of hydrogen-bond donors (Lipinski definition) is 1. The molecular weight excluding hydrogens is 378 g/mol. The van der Waals surface area contributed by atoms with Crippen LogP contribution in [0.15, 0.2) is 54.4 Å². The molecule has 0 saturated heterocycles. The molecule has 0 saturated carbocycles. The highest BCUT2D eigenvalue weighted by molar-refractivity contribution is 7.14. The zero-order valence-electron chi connectivity index (χ0n) is 14.8. The van der Waals surface area contributed by atoms with Crippen molar-refractivity contribution >= 4 is 22.4 Å².